The van der Waals surface area contributed by atoms with E-state index in [4.69, 9.17) is 14.2 Å². The first-order valence-corrected chi connectivity index (χ1v) is 9.67. The monoisotopic (exact) mass is 418 g/mol. The van der Waals surface area contributed by atoms with Gasteiger partial charge in [-0.1, -0.05) is 24.3 Å². The summed E-state index contributed by atoms with van der Waals surface area (Å²) >= 11 is 0. The lowest BCUT2D eigenvalue weighted by atomic mass is 10.0. The van der Waals surface area contributed by atoms with Gasteiger partial charge >= 0.3 is 12.2 Å². The third-order valence-electron chi connectivity index (χ3n) is 4.92. The Morgan fingerprint density at radius 1 is 1.03 bits per heavy atom. The van der Waals surface area contributed by atoms with Crippen LogP contribution in [0.5, 0.6) is 0 Å². The van der Waals surface area contributed by atoms with E-state index in [1.165, 1.54) is 12.1 Å². The van der Waals surface area contributed by atoms with Crippen molar-refractivity contribution < 1.29 is 27.8 Å². The van der Waals surface area contributed by atoms with Crippen LogP contribution in [0.3, 0.4) is 0 Å². The Balaban J connectivity index is 0.000000172. The number of carbonyl (C=O) groups excluding carboxylic acids is 1. The van der Waals surface area contributed by atoms with Gasteiger partial charge in [0.1, 0.15) is 30.9 Å². The lowest BCUT2D eigenvalue weighted by Gasteiger charge is -2.11. The summed E-state index contributed by atoms with van der Waals surface area (Å²) < 4.78 is 41.7. The molecule has 0 unspecified atom stereocenters. The zero-order valence-corrected chi connectivity index (χ0v) is 17.1. The SMILES string of the molecule is CCOC1=N[C@@H](c2cccc(F)c2C)CO1.Cc1c(F)cccc1[C@H]1COC(=O)N1. The zero-order chi connectivity index (χ0) is 21.7. The highest BCUT2D eigenvalue weighted by molar-refractivity contribution is 5.70. The second-order valence-electron chi connectivity index (χ2n) is 6.86. The third-order valence-corrected chi connectivity index (χ3v) is 4.92. The lowest BCUT2D eigenvalue weighted by molar-refractivity contribution is 0.177. The maximum absolute atomic E-state index is 13.4. The lowest BCUT2D eigenvalue weighted by Crippen LogP contribution is -2.19. The molecule has 0 aromatic heterocycles. The Kier molecular flexibility index (Phi) is 6.87. The fraction of sp³-hybridized carbons (Fsp3) is 0.364. The Labute approximate surface area is 173 Å². The average molecular weight is 418 g/mol. The normalized spacial score (nSPS) is 19.8. The maximum Gasteiger partial charge on any atom is 0.407 e. The van der Waals surface area contributed by atoms with E-state index in [0.29, 0.717) is 30.4 Å². The maximum atomic E-state index is 13.4. The van der Waals surface area contributed by atoms with E-state index in [1.54, 1.807) is 32.0 Å². The van der Waals surface area contributed by atoms with Crippen molar-refractivity contribution in [3.63, 3.8) is 0 Å². The molecular weight excluding hydrogens is 394 g/mol. The van der Waals surface area contributed by atoms with Crippen molar-refractivity contribution in [2.75, 3.05) is 19.8 Å². The number of amides is 1. The summed E-state index contributed by atoms with van der Waals surface area (Å²) in [5, 5.41) is 2.61. The molecule has 8 heteroatoms. The van der Waals surface area contributed by atoms with E-state index >= 15 is 0 Å². The number of benzene rings is 2. The molecule has 0 saturated carbocycles. The van der Waals surface area contributed by atoms with Gasteiger partial charge < -0.3 is 19.5 Å². The van der Waals surface area contributed by atoms with Crippen molar-refractivity contribution in [3.05, 3.63) is 70.3 Å². The van der Waals surface area contributed by atoms with Gasteiger partial charge in [0.15, 0.2) is 0 Å². The highest BCUT2D eigenvalue weighted by Gasteiger charge is 2.25. The van der Waals surface area contributed by atoms with Crippen LogP contribution < -0.4 is 5.32 Å². The number of hydrogen-bond donors (Lipinski definition) is 1. The van der Waals surface area contributed by atoms with Crippen LogP contribution in [0.1, 0.15) is 41.3 Å². The molecule has 2 aromatic carbocycles. The Morgan fingerprint density at radius 3 is 2.27 bits per heavy atom. The smallest absolute Gasteiger partial charge is 0.407 e. The summed E-state index contributed by atoms with van der Waals surface area (Å²) in [4.78, 5) is 15.1. The van der Waals surface area contributed by atoms with Gasteiger partial charge in [-0.05, 0) is 55.2 Å². The molecule has 2 aromatic rings. The zero-order valence-electron chi connectivity index (χ0n) is 17.1. The quantitative estimate of drug-likeness (QED) is 0.796. The number of hydrogen-bond acceptors (Lipinski definition) is 5. The minimum absolute atomic E-state index is 0.155. The van der Waals surface area contributed by atoms with Crippen LogP contribution in [0.15, 0.2) is 41.4 Å². The molecule has 0 spiro atoms. The predicted octanol–water partition coefficient (Wildman–Crippen LogP) is 4.51. The summed E-state index contributed by atoms with van der Waals surface area (Å²) in [5.74, 6) is -0.471. The number of carbonyl (C=O) groups is 1. The molecule has 0 aliphatic carbocycles. The van der Waals surface area contributed by atoms with Gasteiger partial charge in [0.2, 0.25) is 0 Å². The van der Waals surface area contributed by atoms with Gasteiger partial charge in [-0.15, -0.1) is 0 Å². The van der Waals surface area contributed by atoms with Crippen molar-refractivity contribution in [1.82, 2.24) is 5.32 Å². The van der Waals surface area contributed by atoms with Crippen molar-refractivity contribution in [2.45, 2.75) is 32.9 Å². The van der Waals surface area contributed by atoms with Crippen molar-refractivity contribution in [1.29, 1.82) is 0 Å². The molecule has 0 radical (unpaired) electrons. The number of cyclic esters (lactones) is 1. The van der Waals surface area contributed by atoms with Gasteiger partial charge in [0, 0.05) is 0 Å². The van der Waals surface area contributed by atoms with Crippen LogP contribution in [-0.4, -0.2) is 32.0 Å². The number of nitrogens with one attached hydrogen (secondary N) is 1. The summed E-state index contributed by atoms with van der Waals surface area (Å²) in [7, 11) is 0. The molecule has 1 fully saturated rings. The minimum Gasteiger partial charge on any atom is -0.451 e. The van der Waals surface area contributed by atoms with E-state index in [2.05, 4.69) is 10.3 Å². The van der Waals surface area contributed by atoms with Crippen LogP contribution >= 0.6 is 0 Å². The summed E-state index contributed by atoms with van der Waals surface area (Å²) in [5.41, 5.74) is 2.81. The van der Waals surface area contributed by atoms with Crippen molar-refractivity contribution in [2.24, 2.45) is 4.99 Å². The molecule has 2 heterocycles. The third kappa shape index (κ3) is 4.87. The number of alkyl carbamates (subject to hydrolysis) is 1. The second-order valence-corrected chi connectivity index (χ2v) is 6.86. The Hall–Kier alpha value is -3.16. The minimum atomic E-state index is -0.446. The molecule has 1 N–H and O–H groups in total. The fourth-order valence-electron chi connectivity index (χ4n) is 3.25. The molecule has 0 bridgehead atoms. The Bertz CT molecular complexity index is 949. The topological polar surface area (TPSA) is 69.1 Å². The van der Waals surface area contributed by atoms with E-state index in [9.17, 15) is 13.6 Å². The van der Waals surface area contributed by atoms with Crippen molar-refractivity contribution >= 4 is 12.2 Å². The Morgan fingerprint density at radius 2 is 1.67 bits per heavy atom. The van der Waals surface area contributed by atoms with E-state index < -0.39 is 6.09 Å². The summed E-state index contributed by atoms with van der Waals surface area (Å²) in [6, 6.07) is 9.44. The molecule has 2 aliphatic rings. The largest absolute Gasteiger partial charge is 0.451 e. The molecule has 1 saturated heterocycles. The van der Waals surface area contributed by atoms with Gasteiger partial charge in [0.05, 0.1) is 12.6 Å². The summed E-state index contributed by atoms with van der Waals surface area (Å²) in [6.45, 7) is 6.51. The second kappa shape index (κ2) is 9.56. The molecular formula is C22H24F2N2O4. The number of aliphatic imine (C=N–C) groups is 1. The molecule has 160 valence electrons. The molecule has 4 rings (SSSR count). The van der Waals surface area contributed by atoms with Gasteiger partial charge in [-0.3, -0.25) is 0 Å². The van der Waals surface area contributed by atoms with Crippen molar-refractivity contribution in [3.8, 4) is 0 Å². The van der Waals surface area contributed by atoms with Crippen LogP contribution in [0.25, 0.3) is 0 Å². The molecule has 2 aliphatic heterocycles. The molecule has 6 nitrogen and oxygen atoms in total. The van der Waals surface area contributed by atoms with E-state index in [1.807, 2.05) is 13.0 Å². The first-order valence-electron chi connectivity index (χ1n) is 9.67. The average Bonchev–Trinajstić information content (AvgIpc) is 3.36. The van der Waals surface area contributed by atoms with E-state index in [-0.39, 0.29) is 30.3 Å². The highest BCUT2D eigenvalue weighted by atomic mass is 19.1. The van der Waals surface area contributed by atoms with Crippen LogP contribution in [0.2, 0.25) is 0 Å². The van der Waals surface area contributed by atoms with Gasteiger partial charge in [0.25, 0.3) is 0 Å². The number of rotatable bonds is 3. The first-order chi connectivity index (χ1) is 14.4. The molecule has 30 heavy (non-hydrogen) atoms. The van der Waals surface area contributed by atoms with Crippen LogP contribution in [-0.2, 0) is 14.2 Å². The van der Waals surface area contributed by atoms with Gasteiger partial charge in [-0.25, -0.2) is 18.6 Å². The number of nitrogens with zero attached hydrogens (tertiary/aromatic N) is 1. The van der Waals surface area contributed by atoms with Gasteiger partial charge in [-0.2, -0.15) is 0 Å². The summed E-state index contributed by atoms with van der Waals surface area (Å²) in [6.07, 6.45) is -0.144. The number of ether oxygens (including phenoxy) is 3. The highest BCUT2D eigenvalue weighted by Crippen LogP contribution is 2.27. The van der Waals surface area contributed by atoms with Crippen LogP contribution in [0, 0.1) is 25.5 Å². The van der Waals surface area contributed by atoms with E-state index in [0.717, 1.165) is 11.1 Å². The predicted molar refractivity (Wildman–Crippen MR) is 107 cm³/mol. The molecule has 1 amide bonds. The standard InChI is InChI=1S/C12H14FNO2.C10H10FNO2/c1-3-15-12-14-11(7-16-12)9-5-4-6-10(13)8(9)2;1-6-7(3-2-4-8(6)11)9-5-14-10(13)12-9/h4-6,11H,3,7H2,1-2H3;2-4,9H,5H2,1H3,(H,12,13)/t11-;9-/m11/s1. The first kappa shape index (κ1) is 21.5. The van der Waals surface area contributed by atoms with Crippen LogP contribution in [0.4, 0.5) is 13.6 Å². The fourth-order valence-corrected chi connectivity index (χ4v) is 3.25. The number of halogens is 2. The molecule has 2 atom stereocenters.